The summed E-state index contributed by atoms with van der Waals surface area (Å²) in [5, 5.41) is 0. The smallest absolute Gasteiger partial charge is 0.309 e. The number of esters is 1. The topological polar surface area (TPSA) is 38.8 Å². The Morgan fingerprint density at radius 1 is 1.05 bits per heavy atom. The number of carbonyl (C=O) groups is 1. The quantitative estimate of drug-likeness (QED) is 0.198. The van der Waals surface area contributed by atoms with Gasteiger partial charge in [-0.1, -0.05) is 32.1 Å². The highest BCUT2D eigenvalue weighted by Gasteiger charge is 2.59. The van der Waals surface area contributed by atoms with E-state index in [1.54, 1.807) is 5.57 Å². The monoisotopic (exact) mass is 573 g/mol. The van der Waals surface area contributed by atoms with Crippen molar-refractivity contribution in [1.29, 1.82) is 0 Å². The highest BCUT2D eigenvalue weighted by atomic mass is 35.5. The van der Waals surface area contributed by atoms with Gasteiger partial charge in [0, 0.05) is 36.0 Å². The number of halogens is 2. The largest absolute Gasteiger partial charge is 0.493 e. The van der Waals surface area contributed by atoms with Crippen LogP contribution in [0.25, 0.3) is 0 Å². The molecule has 4 nitrogen and oxygen atoms in total. The van der Waals surface area contributed by atoms with Crippen molar-refractivity contribution in [3.05, 3.63) is 48.1 Å². The SMILES string of the molecule is C[C@@H]1CC[C@H]2[C@@H]3CC=C4C=CCC[C@]4(C)[C@H]3CC[C@]12COC(=O)CCOc1ccc(N(CCCl)CCCl)cc1. The van der Waals surface area contributed by atoms with Gasteiger partial charge in [0.15, 0.2) is 0 Å². The van der Waals surface area contributed by atoms with Crippen LogP contribution in [-0.2, 0) is 9.53 Å². The number of nitrogens with zero attached hydrogens (tertiary/aromatic N) is 1. The average molecular weight is 575 g/mol. The Balaban J connectivity index is 1.14. The summed E-state index contributed by atoms with van der Waals surface area (Å²) in [5.41, 5.74) is 3.11. The molecule has 214 valence electrons. The van der Waals surface area contributed by atoms with Crippen LogP contribution in [0.5, 0.6) is 5.75 Å². The second-order valence-electron chi connectivity index (χ2n) is 12.5. The average Bonchev–Trinajstić information content (AvgIpc) is 3.28. The van der Waals surface area contributed by atoms with Crippen molar-refractivity contribution in [2.45, 2.75) is 65.2 Å². The first-order valence-electron chi connectivity index (χ1n) is 15.0. The number of fused-ring (bicyclic) bond motifs is 5. The fourth-order valence-electron chi connectivity index (χ4n) is 8.56. The van der Waals surface area contributed by atoms with Crippen molar-refractivity contribution in [3.8, 4) is 5.75 Å². The number of ether oxygens (including phenoxy) is 2. The van der Waals surface area contributed by atoms with Gasteiger partial charge in [0.05, 0.1) is 19.6 Å². The molecule has 2 fully saturated rings. The number of allylic oxidation sites excluding steroid dienone is 4. The second kappa shape index (κ2) is 12.5. The summed E-state index contributed by atoms with van der Waals surface area (Å²) in [6, 6.07) is 7.89. The standard InChI is InChI=1S/C33H45Cl2NO3/c1-24-6-13-30-28-12-7-25-5-3-4-16-32(25,2)29(28)14-17-33(24,30)23-39-31(37)15-22-38-27-10-8-26(9-11-27)36(20-18-34)21-19-35/h3,5,7-11,24,28-30H,4,6,12-23H2,1-2H3/t24-,28-,29+,30+,32+,33+/m1/s1. The Hall–Kier alpha value is -1.65. The maximum absolute atomic E-state index is 12.8. The predicted octanol–water partition coefficient (Wildman–Crippen LogP) is 8.03. The van der Waals surface area contributed by atoms with Crippen molar-refractivity contribution in [1.82, 2.24) is 0 Å². The van der Waals surface area contributed by atoms with E-state index < -0.39 is 0 Å². The summed E-state index contributed by atoms with van der Waals surface area (Å²) < 4.78 is 11.9. The van der Waals surface area contributed by atoms with E-state index in [9.17, 15) is 4.79 Å². The van der Waals surface area contributed by atoms with E-state index in [-0.39, 0.29) is 17.8 Å². The summed E-state index contributed by atoms with van der Waals surface area (Å²) in [4.78, 5) is 15.0. The summed E-state index contributed by atoms with van der Waals surface area (Å²) in [6.07, 6.45) is 16.2. The second-order valence-corrected chi connectivity index (χ2v) is 13.3. The molecule has 0 spiro atoms. The molecule has 5 rings (SSSR count). The Kier molecular flexibility index (Phi) is 9.23. The van der Waals surface area contributed by atoms with Gasteiger partial charge in [-0.25, -0.2) is 0 Å². The van der Waals surface area contributed by atoms with Crippen LogP contribution in [0.3, 0.4) is 0 Å². The van der Waals surface area contributed by atoms with E-state index in [1.807, 2.05) is 24.3 Å². The molecule has 2 saturated carbocycles. The molecule has 0 heterocycles. The highest BCUT2D eigenvalue weighted by molar-refractivity contribution is 6.18. The van der Waals surface area contributed by atoms with E-state index in [4.69, 9.17) is 32.7 Å². The zero-order chi connectivity index (χ0) is 27.5. The van der Waals surface area contributed by atoms with Crippen LogP contribution >= 0.6 is 23.2 Å². The van der Waals surface area contributed by atoms with Crippen molar-refractivity contribution in [2.24, 2.45) is 34.5 Å². The van der Waals surface area contributed by atoms with Crippen LogP contribution in [0.2, 0.25) is 0 Å². The maximum atomic E-state index is 12.8. The van der Waals surface area contributed by atoms with Gasteiger partial charge in [0.1, 0.15) is 5.75 Å². The molecular formula is C33H45Cl2NO3. The number of benzene rings is 1. The normalized spacial score (nSPS) is 33.0. The van der Waals surface area contributed by atoms with Crippen molar-refractivity contribution < 1.29 is 14.3 Å². The maximum Gasteiger partial charge on any atom is 0.309 e. The number of hydrogen-bond acceptors (Lipinski definition) is 4. The summed E-state index contributed by atoms with van der Waals surface area (Å²) in [7, 11) is 0. The van der Waals surface area contributed by atoms with Gasteiger partial charge < -0.3 is 14.4 Å². The third-order valence-electron chi connectivity index (χ3n) is 10.8. The van der Waals surface area contributed by atoms with E-state index in [0.717, 1.165) is 36.4 Å². The molecule has 6 atom stereocenters. The molecule has 0 amide bonds. The molecule has 0 N–H and O–H groups in total. The number of hydrogen-bond donors (Lipinski definition) is 0. The fraction of sp³-hybridized carbons (Fsp3) is 0.667. The lowest BCUT2D eigenvalue weighted by Crippen LogP contribution is -2.51. The van der Waals surface area contributed by atoms with E-state index >= 15 is 0 Å². The molecule has 39 heavy (non-hydrogen) atoms. The van der Waals surface area contributed by atoms with E-state index in [2.05, 4.69) is 37.0 Å². The summed E-state index contributed by atoms with van der Waals surface area (Å²) >= 11 is 11.9. The van der Waals surface area contributed by atoms with Gasteiger partial charge in [0.2, 0.25) is 0 Å². The molecule has 6 heteroatoms. The van der Waals surface area contributed by atoms with Gasteiger partial charge in [-0.15, -0.1) is 23.2 Å². The minimum atomic E-state index is -0.147. The Morgan fingerprint density at radius 3 is 2.56 bits per heavy atom. The van der Waals surface area contributed by atoms with Gasteiger partial charge in [-0.3, -0.25) is 4.79 Å². The minimum absolute atomic E-state index is 0.137. The zero-order valence-electron chi connectivity index (χ0n) is 23.7. The molecular weight excluding hydrogens is 529 g/mol. The molecule has 0 aliphatic heterocycles. The van der Waals surface area contributed by atoms with Crippen molar-refractivity contribution in [2.75, 3.05) is 43.0 Å². The van der Waals surface area contributed by atoms with Crippen LogP contribution in [0.4, 0.5) is 5.69 Å². The molecule has 0 bridgehead atoms. The first-order chi connectivity index (χ1) is 18.9. The summed E-state index contributed by atoms with van der Waals surface area (Å²) in [6.45, 7) is 7.31. The van der Waals surface area contributed by atoms with Crippen LogP contribution in [0, 0.1) is 34.5 Å². The van der Waals surface area contributed by atoms with Crippen LogP contribution in [0.1, 0.15) is 65.2 Å². The summed E-state index contributed by atoms with van der Waals surface area (Å²) in [5.74, 6) is 4.45. The fourth-order valence-corrected chi connectivity index (χ4v) is 8.97. The highest BCUT2D eigenvalue weighted by Crippen LogP contribution is 2.65. The van der Waals surface area contributed by atoms with E-state index in [1.165, 1.54) is 44.9 Å². The zero-order valence-corrected chi connectivity index (χ0v) is 25.2. The molecule has 1 aromatic carbocycles. The van der Waals surface area contributed by atoms with Crippen LogP contribution in [-0.4, -0.2) is 44.0 Å². The van der Waals surface area contributed by atoms with Gasteiger partial charge in [-0.2, -0.15) is 0 Å². The number of anilines is 1. The van der Waals surface area contributed by atoms with Gasteiger partial charge in [0.25, 0.3) is 0 Å². The molecule has 0 radical (unpaired) electrons. The first-order valence-corrected chi connectivity index (χ1v) is 16.1. The Morgan fingerprint density at radius 2 is 1.82 bits per heavy atom. The van der Waals surface area contributed by atoms with Crippen LogP contribution < -0.4 is 9.64 Å². The number of alkyl halides is 2. The predicted molar refractivity (Wildman–Crippen MR) is 161 cm³/mol. The number of carbonyl (C=O) groups excluding carboxylic acids is 1. The lowest BCUT2D eigenvalue weighted by atomic mass is 9.48. The van der Waals surface area contributed by atoms with Crippen LogP contribution in [0.15, 0.2) is 48.1 Å². The Bertz CT molecular complexity index is 1050. The third kappa shape index (κ3) is 5.75. The molecule has 4 aliphatic carbocycles. The number of rotatable bonds is 11. The Labute approximate surface area is 245 Å². The minimum Gasteiger partial charge on any atom is -0.493 e. The van der Waals surface area contributed by atoms with Gasteiger partial charge in [-0.05, 0) is 104 Å². The molecule has 0 aromatic heterocycles. The van der Waals surface area contributed by atoms with Crippen molar-refractivity contribution >= 4 is 34.9 Å². The van der Waals surface area contributed by atoms with Crippen molar-refractivity contribution in [3.63, 3.8) is 0 Å². The lowest BCUT2D eigenvalue weighted by molar-refractivity contribution is -0.154. The molecule has 4 aliphatic rings. The van der Waals surface area contributed by atoms with Gasteiger partial charge >= 0.3 is 5.97 Å². The van der Waals surface area contributed by atoms with E-state index in [0.29, 0.717) is 42.2 Å². The molecule has 0 saturated heterocycles. The molecule has 0 unspecified atom stereocenters. The molecule has 1 aromatic rings. The first kappa shape index (κ1) is 28.9. The lowest BCUT2D eigenvalue weighted by Gasteiger charge is -2.57. The third-order valence-corrected chi connectivity index (χ3v) is 11.1.